The molecule has 106 valence electrons. The van der Waals surface area contributed by atoms with Crippen molar-refractivity contribution in [3.63, 3.8) is 0 Å². The summed E-state index contributed by atoms with van der Waals surface area (Å²) in [6.07, 6.45) is 1.04. The van der Waals surface area contributed by atoms with Crippen LogP contribution in [0.5, 0.6) is 0 Å². The first-order valence-electron chi connectivity index (χ1n) is 6.72. The number of rotatable bonds is 2. The highest BCUT2D eigenvalue weighted by molar-refractivity contribution is 6.30. The summed E-state index contributed by atoms with van der Waals surface area (Å²) >= 11 is 6.18. The first-order valence-corrected chi connectivity index (χ1v) is 7.09. The molecule has 0 amide bonds. The van der Waals surface area contributed by atoms with E-state index in [9.17, 15) is 8.78 Å². The van der Waals surface area contributed by atoms with Crippen LogP contribution in [0.15, 0.2) is 0 Å². The number of hydrogen-bond donors (Lipinski definition) is 0. The van der Waals surface area contributed by atoms with E-state index in [4.69, 9.17) is 11.6 Å². The van der Waals surface area contributed by atoms with Gasteiger partial charge in [-0.2, -0.15) is 0 Å². The van der Waals surface area contributed by atoms with Gasteiger partial charge in [0.1, 0.15) is 11.0 Å². The summed E-state index contributed by atoms with van der Waals surface area (Å²) < 4.78 is 26.9. The van der Waals surface area contributed by atoms with Crippen molar-refractivity contribution in [2.45, 2.75) is 64.2 Å². The second kappa shape index (κ2) is 5.31. The zero-order valence-electron chi connectivity index (χ0n) is 11.5. The molecular weight excluding hydrogens is 270 g/mol. The molecule has 0 aliphatic heterocycles. The lowest BCUT2D eigenvalue weighted by Gasteiger charge is -2.28. The summed E-state index contributed by atoms with van der Waals surface area (Å²) in [5.41, 5.74) is 1.71. The molecule has 1 aliphatic rings. The molecule has 5 heteroatoms. The molecule has 1 atom stereocenters. The van der Waals surface area contributed by atoms with Crippen LogP contribution in [0.1, 0.15) is 68.4 Å². The normalized spacial score (nSPS) is 22.8. The molecule has 1 heterocycles. The largest absolute Gasteiger partial charge is 0.248 e. The van der Waals surface area contributed by atoms with E-state index in [0.717, 1.165) is 11.3 Å². The average Bonchev–Trinajstić information content (AvgIpc) is 2.25. The van der Waals surface area contributed by atoms with Gasteiger partial charge in [-0.3, -0.25) is 0 Å². The van der Waals surface area contributed by atoms with Crippen molar-refractivity contribution >= 4 is 11.6 Å². The summed E-state index contributed by atoms with van der Waals surface area (Å²) in [5, 5.41) is 0.409. The predicted octanol–water partition coefficient (Wildman–Crippen LogP) is 4.85. The highest BCUT2D eigenvalue weighted by Crippen LogP contribution is 2.41. The van der Waals surface area contributed by atoms with Gasteiger partial charge >= 0.3 is 0 Å². The fourth-order valence-corrected chi connectivity index (χ4v) is 3.24. The molecular formula is C14H19ClF2N2. The average molecular weight is 289 g/mol. The summed E-state index contributed by atoms with van der Waals surface area (Å²) in [4.78, 5) is 8.68. The number of halogens is 3. The molecule has 1 saturated carbocycles. The Morgan fingerprint density at radius 1 is 1.32 bits per heavy atom. The van der Waals surface area contributed by atoms with Crippen molar-refractivity contribution in [1.82, 2.24) is 9.97 Å². The lowest BCUT2D eigenvalue weighted by molar-refractivity contribution is -0.0417. The Labute approximate surface area is 117 Å². The Kier molecular flexibility index (Phi) is 4.09. The molecule has 1 aromatic heterocycles. The van der Waals surface area contributed by atoms with Gasteiger partial charge in [0.2, 0.25) is 5.92 Å². The first kappa shape index (κ1) is 14.6. The van der Waals surface area contributed by atoms with Crippen LogP contribution in [0.2, 0.25) is 5.15 Å². The maximum absolute atomic E-state index is 13.5. The molecule has 0 spiro atoms. The molecule has 2 nitrogen and oxygen atoms in total. The third kappa shape index (κ3) is 3.22. The monoisotopic (exact) mass is 288 g/mol. The van der Waals surface area contributed by atoms with Crippen molar-refractivity contribution < 1.29 is 8.78 Å². The van der Waals surface area contributed by atoms with E-state index >= 15 is 0 Å². The highest BCUT2D eigenvalue weighted by atomic mass is 35.5. The Morgan fingerprint density at radius 2 is 2.00 bits per heavy atom. The number of alkyl halides is 2. The van der Waals surface area contributed by atoms with Crippen molar-refractivity contribution in [1.29, 1.82) is 0 Å². The number of nitrogens with zero attached hydrogens (tertiary/aromatic N) is 2. The number of aromatic nitrogens is 2. The van der Waals surface area contributed by atoms with Crippen LogP contribution >= 0.6 is 11.6 Å². The minimum absolute atomic E-state index is 0.0275. The van der Waals surface area contributed by atoms with Gasteiger partial charge in [0, 0.05) is 30.0 Å². The molecule has 1 fully saturated rings. The minimum Gasteiger partial charge on any atom is -0.238 e. The van der Waals surface area contributed by atoms with Crippen molar-refractivity contribution in [3.8, 4) is 0 Å². The molecule has 0 saturated heterocycles. The predicted molar refractivity (Wildman–Crippen MR) is 72.0 cm³/mol. The van der Waals surface area contributed by atoms with E-state index in [2.05, 4.69) is 9.97 Å². The SMILES string of the molecule is Cc1nc(C2CCCC(F)(F)C2)nc(Cl)c1C(C)C. The van der Waals surface area contributed by atoms with Crippen LogP contribution in [-0.4, -0.2) is 15.9 Å². The smallest absolute Gasteiger partial charge is 0.238 e. The van der Waals surface area contributed by atoms with Crippen LogP contribution in [0, 0.1) is 6.92 Å². The molecule has 19 heavy (non-hydrogen) atoms. The van der Waals surface area contributed by atoms with Crippen molar-refractivity contribution in [2.75, 3.05) is 0 Å². The zero-order chi connectivity index (χ0) is 14.2. The van der Waals surface area contributed by atoms with E-state index < -0.39 is 5.92 Å². The summed E-state index contributed by atoms with van der Waals surface area (Å²) in [6, 6.07) is 0. The van der Waals surface area contributed by atoms with Crippen LogP contribution in [0.25, 0.3) is 0 Å². The van der Waals surface area contributed by atoms with E-state index in [0.29, 0.717) is 23.8 Å². The van der Waals surface area contributed by atoms with Gasteiger partial charge in [-0.25, -0.2) is 18.7 Å². The Morgan fingerprint density at radius 3 is 2.53 bits per heavy atom. The molecule has 0 N–H and O–H groups in total. The van der Waals surface area contributed by atoms with Gasteiger partial charge in [0.15, 0.2) is 0 Å². The zero-order valence-corrected chi connectivity index (χ0v) is 12.3. The fourth-order valence-electron chi connectivity index (χ4n) is 2.80. The van der Waals surface area contributed by atoms with Crippen LogP contribution in [-0.2, 0) is 0 Å². The molecule has 2 rings (SSSR count). The van der Waals surface area contributed by atoms with Gasteiger partial charge in [-0.1, -0.05) is 25.4 Å². The van der Waals surface area contributed by atoms with Crippen LogP contribution < -0.4 is 0 Å². The first-order chi connectivity index (χ1) is 8.80. The third-order valence-electron chi connectivity index (χ3n) is 3.69. The van der Waals surface area contributed by atoms with Crippen LogP contribution in [0.3, 0.4) is 0 Å². The maximum atomic E-state index is 13.5. The van der Waals surface area contributed by atoms with E-state index in [1.54, 1.807) is 0 Å². The van der Waals surface area contributed by atoms with Gasteiger partial charge in [-0.05, 0) is 25.7 Å². The third-order valence-corrected chi connectivity index (χ3v) is 3.98. The minimum atomic E-state index is -2.59. The lowest BCUT2D eigenvalue weighted by Crippen LogP contribution is -2.26. The van der Waals surface area contributed by atoms with E-state index in [-0.39, 0.29) is 24.7 Å². The molecule has 0 aromatic carbocycles. The summed E-state index contributed by atoms with van der Waals surface area (Å²) in [5.74, 6) is -2.16. The van der Waals surface area contributed by atoms with Gasteiger partial charge in [-0.15, -0.1) is 0 Å². The van der Waals surface area contributed by atoms with E-state index in [1.807, 2.05) is 20.8 Å². The molecule has 1 unspecified atom stereocenters. The highest BCUT2D eigenvalue weighted by Gasteiger charge is 2.38. The molecule has 0 bridgehead atoms. The second-order valence-corrected chi connectivity index (χ2v) is 6.03. The van der Waals surface area contributed by atoms with Crippen LogP contribution in [0.4, 0.5) is 8.78 Å². The molecule has 1 aromatic rings. The van der Waals surface area contributed by atoms with Gasteiger partial charge in [0.25, 0.3) is 0 Å². The molecule has 0 radical (unpaired) electrons. The van der Waals surface area contributed by atoms with Crippen molar-refractivity contribution in [2.24, 2.45) is 0 Å². The molecule has 1 aliphatic carbocycles. The van der Waals surface area contributed by atoms with Gasteiger partial charge < -0.3 is 0 Å². The summed E-state index contributed by atoms with van der Waals surface area (Å²) in [7, 11) is 0. The fraction of sp³-hybridized carbons (Fsp3) is 0.714. The summed E-state index contributed by atoms with van der Waals surface area (Å²) in [6.45, 7) is 5.91. The second-order valence-electron chi connectivity index (χ2n) is 5.68. The maximum Gasteiger partial charge on any atom is 0.248 e. The lowest BCUT2D eigenvalue weighted by atomic mass is 9.86. The van der Waals surface area contributed by atoms with Gasteiger partial charge in [0.05, 0.1) is 0 Å². The number of hydrogen-bond acceptors (Lipinski definition) is 2. The van der Waals surface area contributed by atoms with Crippen molar-refractivity contribution in [3.05, 3.63) is 22.2 Å². The standard InChI is InChI=1S/C14H19ClF2N2/c1-8(2)11-9(3)18-13(19-12(11)15)10-5-4-6-14(16,17)7-10/h8,10H,4-7H2,1-3H3. The Hall–Kier alpha value is -0.770. The van der Waals surface area contributed by atoms with E-state index in [1.165, 1.54) is 0 Å². The Bertz CT molecular complexity index is 452. The number of aryl methyl sites for hydroxylation is 1. The Balaban J connectivity index is 2.31. The quantitative estimate of drug-likeness (QED) is 0.727. The topological polar surface area (TPSA) is 25.8 Å².